The zero-order chi connectivity index (χ0) is 12.2. The molecule has 1 heterocycles. The molecule has 0 atom stereocenters. The smallest absolute Gasteiger partial charge is 0.0815 e. The maximum atomic E-state index is 4.67. The van der Waals surface area contributed by atoms with E-state index < -0.39 is 0 Å². The maximum absolute atomic E-state index is 4.67. The van der Waals surface area contributed by atoms with Crippen molar-refractivity contribution in [1.29, 1.82) is 0 Å². The summed E-state index contributed by atoms with van der Waals surface area (Å²) in [6, 6.07) is 12.9. The monoisotopic (exact) mass is 238 g/mol. The lowest BCUT2D eigenvalue weighted by molar-refractivity contribution is 0.444. The van der Waals surface area contributed by atoms with Crippen molar-refractivity contribution >= 4 is 17.1 Å². The third-order valence-corrected chi connectivity index (χ3v) is 3.61. The Bertz CT molecular complexity index is 554. The van der Waals surface area contributed by atoms with E-state index in [2.05, 4.69) is 28.2 Å². The molecule has 92 valence electrons. The van der Waals surface area contributed by atoms with Crippen LogP contribution in [-0.4, -0.2) is 17.2 Å². The topological polar surface area (TPSA) is 25.2 Å². The second kappa shape index (κ2) is 5.30. The van der Waals surface area contributed by atoms with Crippen LogP contribution in [0.5, 0.6) is 0 Å². The molecule has 0 amide bonds. The second-order valence-corrected chi connectivity index (χ2v) is 5.00. The minimum absolute atomic E-state index is 0.520. The molecule has 3 rings (SSSR count). The van der Waals surface area contributed by atoms with Crippen LogP contribution >= 0.6 is 0 Å². The summed E-state index contributed by atoms with van der Waals surface area (Å²) < 4.78 is 0. The lowest BCUT2D eigenvalue weighted by Gasteiger charge is -2.16. The average Bonchev–Trinajstić information content (AvgIpc) is 2.46. The minimum Gasteiger partial charge on any atom is -0.288 e. The minimum atomic E-state index is 0.520. The Morgan fingerprint density at radius 2 is 1.83 bits per heavy atom. The number of hydrogen-bond donors (Lipinski definition) is 0. The van der Waals surface area contributed by atoms with Gasteiger partial charge in [0.25, 0.3) is 0 Å². The number of hydrogen-bond acceptors (Lipinski definition) is 2. The van der Waals surface area contributed by atoms with Gasteiger partial charge >= 0.3 is 0 Å². The van der Waals surface area contributed by atoms with Gasteiger partial charge < -0.3 is 0 Å². The molecule has 2 heteroatoms. The van der Waals surface area contributed by atoms with Crippen LogP contribution in [0.25, 0.3) is 10.9 Å². The first-order valence-electron chi connectivity index (χ1n) is 6.81. The van der Waals surface area contributed by atoms with E-state index in [1.165, 1.54) is 37.5 Å². The van der Waals surface area contributed by atoms with Crippen molar-refractivity contribution in [1.82, 2.24) is 4.98 Å². The number of aromatic nitrogens is 1. The maximum Gasteiger partial charge on any atom is 0.0815 e. The fourth-order valence-corrected chi connectivity index (χ4v) is 2.57. The van der Waals surface area contributed by atoms with Gasteiger partial charge in [-0.05, 0) is 25.0 Å². The van der Waals surface area contributed by atoms with Gasteiger partial charge in [-0.3, -0.25) is 4.99 Å². The Morgan fingerprint density at radius 1 is 1.00 bits per heavy atom. The summed E-state index contributed by atoms with van der Waals surface area (Å²) in [7, 11) is 0. The van der Waals surface area contributed by atoms with Crippen molar-refractivity contribution in [2.75, 3.05) is 0 Å². The summed E-state index contributed by atoms with van der Waals surface area (Å²) in [6.07, 6.45) is 8.46. The van der Waals surface area contributed by atoms with Crippen molar-refractivity contribution in [3.05, 3.63) is 42.1 Å². The summed E-state index contributed by atoms with van der Waals surface area (Å²) >= 11 is 0. The number of benzene rings is 1. The molecule has 1 fully saturated rings. The molecule has 1 saturated carbocycles. The van der Waals surface area contributed by atoms with Crippen LogP contribution in [0.2, 0.25) is 0 Å². The highest BCUT2D eigenvalue weighted by atomic mass is 14.8. The van der Waals surface area contributed by atoms with E-state index in [0.29, 0.717) is 6.04 Å². The van der Waals surface area contributed by atoms with Crippen molar-refractivity contribution in [2.45, 2.75) is 38.1 Å². The molecular formula is C16H18N2. The van der Waals surface area contributed by atoms with Crippen LogP contribution in [0.4, 0.5) is 0 Å². The van der Waals surface area contributed by atoms with E-state index in [1.54, 1.807) is 0 Å². The van der Waals surface area contributed by atoms with Crippen LogP contribution in [0, 0.1) is 0 Å². The number of nitrogens with zero attached hydrogens (tertiary/aromatic N) is 2. The molecule has 0 saturated heterocycles. The first-order chi connectivity index (χ1) is 8.92. The molecule has 0 unspecified atom stereocenters. The van der Waals surface area contributed by atoms with Gasteiger partial charge in [0.05, 0.1) is 17.3 Å². The number of para-hydroxylation sites is 1. The fourth-order valence-electron chi connectivity index (χ4n) is 2.57. The third-order valence-electron chi connectivity index (χ3n) is 3.61. The van der Waals surface area contributed by atoms with E-state index in [4.69, 9.17) is 0 Å². The third kappa shape index (κ3) is 2.58. The number of rotatable bonds is 2. The molecule has 18 heavy (non-hydrogen) atoms. The van der Waals surface area contributed by atoms with Crippen molar-refractivity contribution in [2.24, 2.45) is 4.99 Å². The molecule has 0 aliphatic heterocycles. The van der Waals surface area contributed by atoms with E-state index in [-0.39, 0.29) is 0 Å². The van der Waals surface area contributed by atoms with Gasteiger partial charge in [-0.15, -0.1) is 0 Å². The fraction of sp³-hybridized carbons (Fsp3) is 0.375. The highest BCUT2D eigenvalue weighted by molar-refractivity contribution is 5.85. The van der Waals surface area contributed by atoms with Gasteiger partial charge in [-0.2, -0.15) is 0 Å². The van der Waals surface area contributed by atoms with E-state index >= 15 is 0 Å². The molecule has 0 bridgehead atoms. The Hall–Kier alpha value is -1.70. The first-order valence-corrected chi connectivity index (χ1v) is 6.81. The summed E-state index contributed by atoms with van der Waals surface area (Å²) in [5, 5.41) is 1.19. The summed E-state index contributed by atoms with van der Waals surface area (Å²) in [4.78, 5) is 9.28. The first kappa shape index (κ1) is 11.4. The van der Waals surface area contributed by atoms with Crippen molar-refractivity contribution in [3.8, 4) is 0 Å². The Morgan fingerprint density at radius 3 is 2.72 bits per heavy atom. The van der Waals surface area contributed by atoms with Gasteiger partial charge in [0.1, 0.15) is 0 Å². The lowest BCUT2D eigenvalue weighted by Crippen LogP contribution is -2.09. The molecule has 0 spiro atoms. The molecule has 0 N–H and O–H groups in total. The van der Waals surface area contributed by atoms with Crippen LogP contribution in [0.3, 0.4) is 0 Å². The Labute approximate surface area is 108 Å². The van der Waals surface area contributed by atoms with Crippen molar-refractivity contribution in [3.63, 3.8) is 0 Å². The highest BCUT2D eigenvalue weighted by Crippen LogP contribution is 2.20. The SMILES string of the molecule is C(=NC1CCCCC1)c1ccc2ccccc2n1. The predicted molar refractivity (Wildman–Crippen MR) is 76.2 cm³/mol. The predicted octanol–water partition coefficient (Wildman–Crippen LogP) is 3.99. The van der Waals surface area contributed by atoms with E-state index in [1.807, 2.05) is 24.4 Å². The normalized spacial score (nSPS) is 17.6. The summed E-state index contributed by atoms with van der Waals surface area (Å²) in [6.45, 7) is 0. The van der Waals surface area contributed by atoms with Gasteiger partial charge in [0.15, 0.2) is 0 Å². The second-order valence-electron chi connectivity index (χ2n) is 5.00. The molecule has 1 aromatic heterocycles. The van der Waals surface area contributed by atoms with Crippen LogP contribution in [-0.2, 0) is 0 Å². The van der Waals surface area contributed by atoms with Crippen molar-refractivity contribution < 1.29 is 0 Å². The van der Waals surface area contributed by atoms with Gasteiger partial charge in [-0.1, -0.05) is 43.5 Å². The zero-order valence-corrected chi connectivity index (χ0v) is 10.5. The van der Waals surface area contributed by atoms with Crippen LogP contribution in [0.15, 0.2) is 41.4 Å². The molecule has 1 aromatic carbocycles. The quantitative estimate of drug-likeness (QED) is 0.726. The zero-order valence-electron chi connectivity index (χ0n) is 10.5. The highest BCUT2D eigenvalue weighted by Gasteiger charge is 2.10. The molecule has 0 radical (unpaired) electrons. The van der Waals surface area contributed by atoms with Gasteiger partial charge in [-0.25, -0.2) is 4.98 Å². The average molecular weight is 238 g/mol. The van der Waals surface area contributed by atoms with E-state index in [0.717, 1.165) is 11.2 Å². The summed E-state index contributed by atoms with van der Waals surface area (Å²) in [5.74, 6) is 0. The summed E-state index contributed by atoms with van der Waals surface area (Å²) in [5.41, 5.74) is 2.02. The molecular weight excluding hydrogens is 220 g/mol. The van der Waals surface area contributed by atoms with Gasteiger partial charge in [0.2, 0.25) is 0 Å². The Balaban J connectivity index is 1.79. The number of fused-ring (bicyclic) bond motifs is 1. The van der Waals surface area contributed by atoms with Crippen LogP contribution in [0.1, 0.15) is 37.8 Å². The van der Waals surface area contributed by atoms with Crippen LogP contribution < -0.4 is 0 Å². The lowest BCUT2D eigenvalue weighted by atomic mass is 9.96. The van der Waals surface area contributed by atoms with Gasteiger partial charge in [0, 0.05) is 11.6 Å². The standard InChI is InChI=1S/C16H18N2/c1-2-7-14(8-3-1)17-12-15-11-10-13-6-4-5-9-16(13)18-15/h4-6,9-12,14H,1-3,7-8H2. The molecule has 1 aliphatic rings. The molecule has 2 aromatic rings. The largest absolute Gasteiger partial charge is 0.288 e. The Kier molecular flexibility index (Phi) is 3.35. The molecule has 2 nitrogen and oxygen atoms in total. The number of aliphatic imine (C=N–C) groups is 1. The van der Waals surface area contributed by atoms with E-state index in [9.17, 15) is 0 Å². The molecule has 1 aliphatic carbocycles. The number of pyridine rings is 1.